The van der Waals surface area contributed by atoms with Gasteiger partial charge in [0.25, 0.3) is 0 Å². The van der Waals surface area contributed by atoms with E-state index in [1.54, 1.807) is 0 Å². The average molecular weight is 467 g/mol. The SMILES string of the molecule is CN=C(NCC1CN2CCN1CC2)N(C)Cc1cc(Cl)cn1C.I. The Hall–Kier alpha value is -0.510. The molecule has 3 aliphatic heterocycles. The van der Waals surface area contributed by atoms with Crippen LogP contribution in [-0.4, -0.2) is 84.6 Å². The van der Waals surface area contributed by atoms with E-state index in [2.05, 4.69) is 36.6 Å². The van der Waals surface area contributed by atoms with Crippen LogP contribution in [0.1, 0.15) is 5.69 Å². The Morgan fingerprint density at radius 3 is 2.58 bits per heavy atom. The first-order valence-electron chi connectivity index (χ1n) is 8.25. The summed E-state index contributed by atoms with van der Waals surface area (Å²) < 4.78 is 2.06. The lowest BCUT2D eigenvalue weighted by Gasteiger charge is -2.47. The van der Waals surface area contributed by atoms with Crippen molar-refractivity contribution in [3.05, 3.63) is 23.0 Å². The fraction of sp³-hybridized carbons (Fsp3) is 0.688. The molecule has 0 amide bonds. The number of hydrogen-bond donors (Lipinski definition) is 1. The molecule has 136 valence electrons. The molecule has 4 heterocycles. The largest absolute Gasteiger partial charge is 0.355 e. The van der Waals surface area contributed by atoms with Crippen molar-refractivity contribution in [2.75, 3.05) is 53.4 Å². The summed E-state index contributed by atoms with van der Waals surface area (Å²) in [5.41, 5.74) is 1.17. The Labute approximate surface area is 166 Å². The molecule has 2 bridgehead atoms. The van der Waals surface area contributed by atoms with Crippen LogP contribution >= 0.6 is 35.6 Å². The minimum absolute atomic E-state index is 0. The number of hydrogen-bond acceptors (Lipinski definition) is 3. The predicted octanol–water partition coefficient (Wildman–Crippen LogP) is 1.30. The fourth-order valence-corrected chi connectivity index (χ4v) is 3.83. The van der Waals surface area contributed by atoms with Crippen LogP contribution in [0.3, 0.4) is 0 Å². The van der Waals surface area contributed by atoms with Crippen LogP contribution in [0.4, 0.5) is 0 Å². The standard InChI is InChI=1S/C16H27ClN6.HI/c1-18-16(21(3)11-14-8-13(17)10-20(14)2)19-9-15-12-22-4-6-23(15)7-5-22;/h8,10,15H,4-7,9,11-12H2,1-3H3,(H,18,19);1H. The van der Waals surface area contributed by atoms with Crippen LogP contribution in [-0.2, 0) is 13.6 Å². The molecule has 0 spiro atoms. The van der Waals surface area contributed by atoms with Gasteiger partial charge < -0.3 is 14.8 Å². The molecule has 6 nitrogen and oxygen atoms in total. The zero-order valence-corrected chi connectivity index (χ0v) is 17.8. The number of rotatable bonds is 4. The van der Waals surface area contributed by atoms with Crippen molar-refractivity contribution in [3.8, 4) is 0 Å². The van der Waals surface area contributed by atoms with Crippen LogP contribution in [0.2, 0.25) is 5.02 Å². The van der Waals surface area contributed by atoms with Crippen molar-refractivity contribution < 1.29 is 0 Å². The number of halogens is 2. The fourth-order valence-electron chi connectivity index (χ4n) is 3.55. The molecule has 1 N–H and O–H groups in total. The first-order valence-corrected chi connectivity index (χ1v) is 8.63. The Bertz CT molecular complexity index is 567. The van der Waals surface area contributed by atoms with Gasteiger partial charge in [0, 0.05) is 78.3 Å². The summed E-state index contributed by atoms with van der Waals surface area (Å²) in [4.78, 5) is 11.7. The van der Waals surface area contributed by atoms with Gasteiger partial charge in [0.15, 0.2) is 5.96 Å². The molecule has 24 heavy (non-hydrogen) atoms. The minimum atomic E-state index is 0. The van der Waals surface area contributed by atoms with Gasteiger partial charge in [-0.15, -0.1) is 24.0 Å². The number of aromatic nitrogens is 1. The van der Waals surface area contributed by atoms with E-state index < -0.39 is 0 Å². The Morgan fingerprint density at radius 2 is 2.08 bits per heavy atom. The van der Waals surface area contributed by atoms with E-state index in [1.165, 1.54) is 38.4 Å². The van der Waals surface area contributed by atoms with Crippen molar-refractivity contribution in [2.45, 2.75) is 12.6 Å². The van der Waals surface area contributed by atoms with Crippen molar-refractivity contribution in [3.63, 3.8) is 0 Å². The smallest absolute Gasteiger partial charge is 0.193 e. The number of aryl methyl sites for hydroxylation is 1. The molecule has 3 aliphatic rings. The van der Waals surface area contributed by atoms with Gasteiger partial charge in [-0.05, 0) is 6.07 Å². The van der Waals surface area contributed by atoms with E-state index in [0.717, 1.165) is 24.1 Å². The van der Waals surface area contributed by atoms with Gasteiger partial charge in [-0.25, -0.2) is 0 Å². The highest BCUT2D eigenvalue weighted by molar-refractivity contribution is 14.0. The maximum Gasteiger partial charge on any atom is 0.193 e. The molecule has 1 unspecified atom stereocenters. The lowest BCUT2D eigenvalue weighted by molar-refractivity contribution is 0.0152. The summed E-state index contributed by atoms with van der Waals surface area (Å²) in [7, 11) is 5.92. The number of guanidine groups is 1. The molecule has 0 aromatic carbocycles. The summed E-state index contributed by atoms with van der Waals surface area (Å²) >= 11 is 6.07. The van der Waals surface area contributed by atoms with Gasteiger partial charge >= 0.3 is 0 Å². The van der Waals surface area contributed by atoms with E-state index in [4.69, 9.17) is 11.6 Å². The summed E-state index contributed by atoms with van der Waals surface area (Å²) in [5.74, 6) is 0.931. The molecule has 0 saturated carbocycles. The molecule has 4 rings (SSSR count). The molecule has 3 fully saturated rings. The minimum Gasteiger partial charge on any atom is -0.355 e. The topological polar surface area (TPSA) is 39.0 Å². The van der Waals surface area contributed by atoms with Gasteiger partial charge in [-0.3, -0.25) is 14.8 Å². The van der Waals surface area contributed by atoms with E-state index >= 15 is 0 Å². The zero-order chi connectivity index (χ0) is 16.4. The van der Waals surface area contributed by atoms with Crippen LogP contribution in [0.25, 0.3) is 0 Å². The lowest BCUT2D eigenvalue weighted by Crippen LogP contribution is -2.63. The second-order valence-corrected chi connectivity index (χ2v) is 6.97. The summed E-state index contributed by atoms with van der Waals surface area (Å²) in [6.07, 6.45) is 1.93. The number of nitrogens with one attached hydrogen (secondary N) is 1. The highest BCUT2D eigenvalue weighted by Crippen LogP contribution is 2.16. The van der Waals surface area contributed by atoms with Gasteiger partial charge in [-0.2, -0.15) is 0 Å². The molecular formula is C16H28ClIN6. The molecule has 0 radical (unpaired) electrons. The Balaban J connectivity index is 0.00000208. The van der Waals surface area contributed by atoms with Crippen molar-refractivity contribution >= 4 is 41.5 Å². The first kappa shape index (κ1) is 19.8. The maximum absolute atomic E-state index is 6.07. The quantitative estimate of drug-likeness (QED) is 0.413. The normalized spacial score (nSPS) is 26.2. The van der Waals surface area contributed by atoms with E-state index in [0.29, 0.717) is 6.04 Å². The number of nitrogens with zero attached hydrogens (tertiary/aromatic N) is 5. The Morgan fingerprint density at radius 1 is 1.38 bits per heavy atom. The monoisotopic (exact) mass is 466 g/mol. The first-order chi connectivity index (χ1) is 11.1. The number of piperazine rings is 3. The highest BCUT2D eigenvalue weighted by atomic mass is 127. The molecule has 8 heteroatoms. The third-order valence-electron chi connectivity index (χ3n) is 4.94. The molecule has 1 aromatic rings. The predicted molar refractivity (Wildman–Crippen MR) is 110 cm³/mol. The van der Waals surface area contributed by atoms with Crippen molar-refractivity contribution in [1.29, 1.82) is 0 Å². The van der Waals surface area contributed by atoms with E-state index in [-0.39, 0.29) is 24.0 Å². The third kappa shape index (κ3) is 4.56. The third-order valence-corrected chi connectivity index (χ3v) is 5.14. The van der Waals surface area contributed by atoms with Crippen LogP contribution in [0.15, 0.2) is 17.3 Å². The van der Waals surface area contributed by atoms with Gasteiger partial charge in [0.2, 0.25) is 0 Å². The maximum atomic E-state index is 6.07. The Kier molecular flexibility index (Phi) is 7.21. The average Bonchev–Trinajstić information content (AvgIpc) is 2.86. The number of fused-ring (bicyclic) bond motifs is 3. The highest BCUT2D eigenvalue weighted by Gasteiger charge is 2.31. The number of aliphatic imine (C=N–C) groups is 1. The summed E-state index contributed by atoms with van der Waals surface area (Å²) in [6, 6.07) is 2.59. The van der Waals surface area contributed by atoms with Gasteiger partial charge in [0.1, 0.15) is 0 Å². The molecule has 0 aliphatic carbocycles. The van der Waals surface area contributed by atoms with Gasteiger partial charge in [-0.1, -0.05) is 11.6 Å². The summed E-state index contributed by atoms with van der Waals surface area (Å²) in [5, 5.41) is 4.31. The second-order valence-electron chi connectivity index (χ2n) is 6.54. The molecule has 1 atom stereocenters. The zero-order valence-electron chi connectivity index (χ0n) is 14.7. The van der Waals surface area contributed by atoms with Gasteiger partial charge in [0.05, 0.1) is 11.6 Å². The summed E-state index contributed by atoms with van der Waals surface area (Å²) in [6.45, 7) is 7.73. The second kappa shape index (κ2) is 8.73. The van der Waals surface area contributed by atoms with Crippen molar-refractivity contribution in [1.82, 2.24) is 24.6 Å². The molecule has 1 aromatic heterocycles. The van der Waals surface area contributed by atoms with Crippen LogP contribution < -0.4 is 5.32 Å². The molecule has 3 saturated heterocycles. The van der Waals surface area contributed by atoms with Crippen LogP contribution in [0, 0.1) is 0 Å². The van der Waals surface area contributed by atoms with E-state index in [9.17, 15) is 0 Å². The molecular weight excluding hydrogens is 439 g/mol. The van der Waals surface area contributed by atoms with E-state index in [1.807, 2.05) is 26.4 Å². The van der Waals surface area contributed by atoms with Crippen LogP contribution in [0.5, 0.6) is 0 Å². The van der Waals surface area contributed by atoms with Crippen molar-refractivity contribution in [2.24, 2.45) is 12.0 Å². The lowest BCUT2D eigenvalue weighted by atomic mass is 10.1.